The third-order valence-corrected chi connectivity index (χ3v) is 5.24. The smallest absolute Gasteiger partial charge is 0.295 e. The molecule has 1 aromatic carbocycles. The Hall–Kier alpha value is -1.93. The van der Waals surface area contributed by atoms with Gasteiger partial charge >= 0.3 is 0 Å². The molecule has 138 valence electrons. The predicted octanol–water partition coefficient (Wildman–Crippen LogP) is 1.63. The molecule has 0 aliphatic carbocycles. The van der Waals surface area contributed by atoms with Crippen molar-refractivity contribution in [3.05, 3.63) is 28.1 Å². The molecule has 0 spiro atoms. The first-order chi connectivity index (χ1) is 12.0. The molecule has 2 heterocycles. The molecule has 2 saturated heterocycles. The maximum atomic E-state index is 14.6. The van der Waals surface area contributed by atoms with Crippen molar-refractivity contribution in [1.82, 2.24) is 9.80 Å². The molecule has 0 N–H and O–H groups in total. The Morgan fingerprint density at radius 2 is 1.56 bits per heavy atom. The van der Waals surface area contributed by atoms with Gasteiger partial charge in [-0.3, -0.25) is 10.1 Å². The van der Waals surface area contributed by atoms with Gasteiger partial charge in [-0.15, -0.1) is 0 Å². The molecular weight excluding hydrogens is 325 g/mol. The molecule has 2 fully saturated rings. The lowest BCUT2D eigenvalue weighted by Crippen LogP contribution is -2.47. The van der Waals surface area contributed by atoms with E-state index in [0.717, 1.165) is 65.0 Å². The Morgan fingerprint density at radius 3 is 2.12 bits per heavy atom. The second-order valence-corrected chi connectivity index (χ2v) is 6.76. The third kappa shape index (κ3) is 3.85. The minimum absolute atomic E-state index is 0.139. The normalized spacial score (nSPS) is 20.1. The fourth-order valence-corrected chi connectivity index (χ4v) is 3.53. The average molecular weight is 351 g/mol. The van der Waals surface area contributed by atoms with E-state index in [1.54, 1.807) is 6.07 Å². The minimum atomic E-state index is -0.507. The van der Waals surface area contributed by atoms with Crippen LogP contribution in [-0.2, 0) is 0 Å². The molecule has 3 rings (SSSR count). The average Bonchev–Trinajstić information content (AvgIpc) is 2.62. The molecule has 2 aliphatic rings. The Labute approximate surface area is 147 Å². The van der Waals surface area contributed by atoms with Crippen LogP contribution in [0.5, 0.6) is 0 Å². The van der Waals surface area contributed by atoms with Crippen molar-refractivity contribution in [3.63, 3.8) is 0 Å². The van der Waals surface area contributed by atoms with E-state index in [0.29, 0.717) is 11.4 Å². The summed E-state index contributed by atoms with van der Waals surface area (Å²) >= 11 is 0. The molecule has 0 amide bonds. The predicted molar refractivity (Wildman–Crippen MR) is 97.1 cm³/mol. The standard InChI is InChI=1S/C17H26FN5O2/c1-3-20-6-10-22(11-7-20)16-13-15(14(18)12-17(16)23(24)25)21-8-4-19(2)5-9-21/h12-13H,3-11H2,1-2H3. The van der Waals surface area contributed by atoms with Gasteiger partial charge in [0.05, 0.1) is 16.7 Å². The van der Waals surface area contributed by atoms with Crippen molar-refractivity contribution in [3.8, 4) is 0 Å². The van der Waals surface area contributed by atoms with E-state index < -0.39 is 10.7 Å². The van der Waals surface area contributed by atoms with Crippen LogP contribution in [0.1, 0.15) is 6.92 Å². The molecule has 0 radical (unpaired) electrons. The van der Waals surface area contributed by atoms with E-state index in [4.69, 9.17) is 0 Å². The summed E-state index contributed by atoms with van der Waals surface area (Å²) < 4.78 is 14.6. The molecule has 0 unspecified atom stereocenters. The molecular formula is C17H26FN5O2. The molecule has 0 aromatic heterocycles. The van der Waals surface area contributed by atoms with Gasteiger partial charge in [0.1, 0.15) is 5.69 Å². The van der Waals surface area contributed by atoms with Crippen molar-refractivity contribution in [2.75, 3.05) is 75.8 Å². The quantitative estimate of drug-likeness (QED) is 0.607. The van der Waals surface area contributed by atoms with Gasteiger partial charge in [0, 0.05) is 52.4 Å². The maximum Gasteiger partial charge on any atom is 0.295 e. The van der Waals surface area contributed by atoms with Crippen LogP contribution in [0.3, 0.4) is 0 Å². The fourth-order valence-electron chi connectivity index (χ4n) is 3.53. The number of nitro groups is 1. The highest BCUT2D eigenvalue weighted by molar-refractivity contribution is 5.71. The van der Waals surface area contributed by atoms with Crippen LogP contribution in [-0.4, -0.2) is 80.7 Å². The summed E-state index contributed by atoms with van der Waals surface area (Å²) in [6.07, 6.45) is 0. The van der Waals surface area contributed by atoms with Crippen molar-refractivity contribution in [1.29, 1.82) is 0 Å². The summed E-state index contributed by atoms with van der Waals surface area (Å²) in [5, 5.41) is 11.4. The van der Waals surface area contributed by atoms with Gasteiger partial charge in [-0.2, -0.15) is 0 Å². The van der Waals surface area contributed by atoms with Gasteiger partial charge in [0.15, 0.2) is 5.82 Å². The Balaban J connectivity index is 1.89. The first-order valence-corrected chi connectivity index (χ1v) is 8.88. The highest BCUT2D eigenvalue weighted by atomic mass is 19.1. The Bertz CT molecular complexity index is 626. The molecule has 2 aliphatic heterocycles. The van der Waals surface area contributed by atoms with Gasteiger partial charge in [-0.05, 0) is 19.7 Å². The number of nitro benzene ring substituents is 1. The van der Waals surface area contributed by atoms with E-state index in [1.165, 1.54) is 0 Å². The van der Waals surface area contributed by atoms with E-state index >= 15 is 0 Å². The molecule has 0 atom stereocenters. The zero-order valence-electron chi connectivity index (χ0n) is 14.9. The van der Waals surface area contributed by atoms with Crippen LogP contribution in [0.2, 0.25) is 0 Å². The first-order valence-electron chi connectivity index (χ1n) is 8.88. The van der Waals surface area contributed by atoms with Gasteiger partial charge in [-0.1, -0.05) is 6.92 Å². The Morgan fingerprint density at radius 1 is 1.00 bits per heavy atom. The van der Waals surface area contributed by atoms with Gasteiger partial charge < -0.3 is 19.6 Å². The number of benzene rings is 1. The zero-order chi connectivity index (χ0) is 18.0. The van der Waals surface area contributed by atoms with Crippen LogP contribution < -0.4 is 9.80 Å². The van der Waals surface area contributed by atoms with Gasteiger partial charge in [0.2, 0.25) is 0 Å². The minimum Gasteiger partial charge on any atom is -0.367 e. The fraction of sp³-hybridized carbons (Fsp3) is 0.647. The summed E-state index contributed by atoms with van der Waals surface area (Å²) in [6.45, 7) is 9.46. The van der Waals surface area contributed by atoms with Gasteiger partial charge in [-0.25, -0.2) is 4.39 Å². The second-order valence-electron chi connectivity index (χ2n) is 6.76. The van der Waals surface area contributed by atoms with E-state index in [-0.39, 0.29) is 5.69 Å². The number of anilines is 2. The third-order valence-electron chi connectivity index (χ3n) is 5.24. The van der Waals surface area contributed by atoms with Crippen LogP contribution in [0.4, 0.5) is 21.5 Å². The molecule has 8 heteroatoms. The lowest BCUT2D eigenvalue weighted by Gasteiger charge is -2.37. The van der Waals surface area contributed by atoms with Crippen LogP contribution in [0.25, 0.3) is 0 Å². The maximum absolute atomic E-state index is 14.6. The molecule has 1 aromatic rings. The number of rotatable bonds is 4. The van der Waals surface area contributed by atoms with E-state index in [2.05, 4.69) is 16.7 Å². The summed E-state index contributed by atoms with van der Waals surface area (Å²) in [7, 11) is 2.04. The van der Waals surface area contributed by atoms with Crippen molar-refractivity contribution in [2.45, 2.75) is 6.92 Å². The Kier molecular flexibility index (Phi) is 5.39. The summed E-state index contributed by atoms with van der Waals surface area (Å²) in [6, 6.07) is 2.77. The number of hydrogen-bond acceptors (Lipinski definition) is 6. The van der Waals surface area contributed by atoms with Crippen LogP contribution in [0.15, 0.2) is 12.1 Å². The highest BCUT2D eigenvalue weighted by Crippen LogP contribution is 2.35. The molecule has 7 nitrogen and oxygen atoms in total. The zero-order valence-corrected chi connectivity index (χ0v) is 14.9. The summed E-state index contributed by atoms with van der Waals surface area (Å²) in [4.78, 5) is 19.5. The van der Waals surface area contributed by atoms with Crippen LogP contribution in [0, 0.1) is 15.9 Å². The monoisotopic (exact) mass is 351 g/mol. The number of likely N-dealkylation sites (N-methyl/N-ethyl adjacent to an activating group) is 2. The van der Waals surface area contributed by atoms with E-state index in [9.17, 15) is 14.5 Å². The van der Waals surface area contributed by atoms with Crippen molar-refractivity contribution >= 4 is 17.1 Å². The summed E-state index contributed by atoms with van der Waals surface area (Å²) in [5.41, 5.74) is 0.878. The van der Waals surface area contributed by atoms with Gasteiger partial charge in [0.25, 0.3) is 5.69 Å². The number of hydrogen-bond donors (Lipinski definition) is 0. The molecule has 0 bridgehead atoms. The first kappa shape index (κ1) is 17.9. The van der Waals surface area contributed by atoms with Crippen molar-refractivity contribution in [2.24, 2.45) is 0 Å². The lowest BCUT2D eigenvalue weighted by atomic mass is 10.1. The van der Waals surface area contributed by atoms with Crippen molar-refractivity contribution < 1.29 is 9.31 Å². The summed E-state index contributed by atoms with van der Waals surface area (Å²) in [5.74, 6) is -0.507. The number of piperazine rings is 2. The number of nitrogens with zero attached hydrogens (tertiary/aromatic N) is 5. The topological polar surface area (TPSA) is 56.1 Å². The largest absolute Gasteiger partial charge is 0.367 e. The van der Waals surface area contributed by atoms with Crippen LogP contribution >= 0.6 is 0 Å². The highest BCUT2D eigenvalue weighted by Gasteiger charge is 2.28. The second kappa shape index (κ2) is 7.53. The molecule has 25 heavy (non-hydrogen) atoms. The molecule has 0 saturated carbocycles. The SMILES string of the molecule is CCN1CCN(c2cc(N3CCN(C)CC3)c(F)cc2[N+](=O)[O-])CC1. The number of halogens is 1. The van der Waals surface area contributed by atoms with E-state index in [1.807, 2.05) is 16.8 Å². The lowest BCUT2D eigenvalue weighted by molar-refractivity contribution is -0.384.